The second-order valence-electron chi connectivity index (χ2n) is 3.97. The fourth-order valence-corrected chi connectivity index (χ4v) is 2.83. The van der Waals surface area contributed by atoms with Crippen LogP contribution in [0.3, 0.4) is 0 Å². The Morgan fingerprint density at radius 2 is 2.18 bits per heavy atom. The van der Waals surface area contributed by atoms with Crippen molar-refractivity contribution in [1.82, 2.24) is 9.71 Å². The number of aromatic nitrogens is 1. The lowest BCUT2D eigenvalue weighted by Gasteiger charge is -2.19. The summed E-state index contributed by atoms with van der Waals surface area (Å²) in [5.74, 6) is -0.00733. The Labute approximate surface area is 106 Å². The van der Waals surface area contributed by atoms with Crippen LogP contribution >= 0.6 is 11.6 Å². The van der Waals surface area contributed by atoms with E-state index in [4.69, 9.17) is 16.7 Å². The number of rotatable bonds is 5. The van der Waals surface area contributed by atoms with Gasteiger partial charge in [0.05, 0.1) is 11.5 Å². The van der Waals surface area contributed by atoms with Crippen LogP contribution in [0.5, 0.6) is 0 Å². The minimum Gasteiger partial charge on any atom is -0.395 e. The number of aliphatic hydroxyl groups excluding tert-OH is 1. The molecule has 0 aliphatic carbocycles. The SMILES string of the molecule is CC(C)[C@@H](CO)NS(=O)(=O)c1ccnc(Cl)c1. The highest BCUT2D eigenvalue weighted by Gasteiger charge is 2.22. The molecule has 0 saturated carbocycles. The van der Waals surface area contributed by atoms with Crippen molar-refractivity contribution in [2.75, 3.05) is 6.61 Å². The van der Waals surface area contributed by atoms with Gasteiger partial charge in [-0.1, -0.05) is 25.4 Å². The first-order chi connectivity index (χ1) is 7.86. The fraction of sp³-hybridized carbons (Fsp3) is 0.500. The Morgan fingerprint density at radius 3 is 2.65 bits per heavy atom. The summed E-state index contributed by atoms with van der Waals surface area (Å²) >= 11 is 5.63. The van der Waals surface area contributed by atoms with E-state index in [1.54, 1.807) is 0 Å². The van der Waals surface area contributed by atoms with Gasteiger partial charge in [-0.15, -0.1) is 0 Å². The quantitative estimate of drug-likeness (QED) is 0.789. The smallest absolute Gasteiger partial charge is 0.241 e. The highest BCUT2D eigenvalue weighted by Crippen LogP contribution is 2.14. The van der Waals surface area contributed by atoms with Gasteiger partial charge in [0.1, 0.15) is 5.15 Å². The predicted octanol–water partition coefficient (Wildman–Crippen LogP) is 1.03. The zero-order valence-electron chi connectivity index (χ0n) is 9.59. The van der Waals surface area contributed by atoms with Crippen LogP contribution in [0, 0.1) is 5.92 Å². The van der Waals surface area contributed by atoms with Crippen molar-refractivity contribution in [3.05, 3.63) is 23.5 Å². The molecule has 7 heteroatoms. The third kappa shape index (κ3) is 3.92. The number of pyridine rings is 1. The summed E-state index contributed by atoms with van der Waals surface area (Å²) in [6, 6.07) is 2.09. The van der Waals surface area contributed by atoms with Crippen LogP contribution in [0.25, 0.3) is 0 Å². The van der Waals surface area contributed by atoms with Crippen LogP contribution in [-0.4, -0.2) is 31.2 Å². The second kappa shape index (κ2) is 5.77. The minimum absolute atomic E-state index is 0.00733. The Morgan fingerprint density at radius 1 is 1.53 bits per heavy atom. The van der Waals surface area contributed by atoms with Crippen LogP contribution in [0.15, 0.2) is 23.2 Å². The van der Waals surface area contributed by atoms with E-state index in [9.17, 15) is 8.42 Å². The molecule has 0 fully saturated rings. The average Bonchev–Trinajstić information content (AvgIpc) is 2.25. The number of aliphatic hydroxyl groups is 1. The molecule has 0 aromatic carbocycles. The number of halogens is 1. The Kier molecular flexibility index (Phi) is 4.88. The number of nitrogens with zero attached hydrogens (tertiary/aromatic N) is 1. The summed E-state index contributed by atoms with van der Waals surface area (Å²) in [5, 5.41) is 9.21. The van der Waals surface area contributed by atoms with Crippen molar-refractivity contribution in [1.29, 1.82) is 0 Å². The minimum atomic E-state index is -3.67. The standard InChI is InChI=1S/C10H15ClN2O3S/c1-7(2)9(6-14)13-17(15,16)8-3-4-12-10(11)5-8/h3-5,7,9,13-14H,6H2,1-2H3/t9-/m1/s1. The summed E-state index contributed by atoms with van der Waals surface area (Å²) in [7, 11) is -3.67. The van der Waals surface area contributed by atoms with E-state index < -0.39 is 16.1 Å². The van der Waals surface area contributed by atoms with Gasteiger partial charge in [0.15, 0.2) is 0 Å². The van der Waals surface area contributed by atoms with Gasteiger partial charge in [-0.25, -0.2) is 18.1 Å². The first-order valence-electron chi connectivity index (χ1n) is 5.11. The van der Waals surface area contributed by atoms with Crippen molar-refractivity contribution in [3.63, 3.8) is 0 Å². The van der Waals surface area contributed by atoms with Crippen molar-refractivity contribution >= 4 is 21.6 Å². The predicted molar refractivity (Wildman–Crippen MR) is 65.3 cm³/mol. The molecule has 0 bridgehead atoms. The molecule has 0 amide bonds. The molecule has 0 aliphatic rings. The van der Waals surface area contributed by atoms with Crippen molar-refractivity contribution < 1.29 is 13.5 Å². The maximum absolute atomic E-state index is 11.9. The van der Waals surface area contributed by atoms with E-state index >= 15 is 0 Å². The third-order valence-electron chi connectivity index (χ3n) is 2.32. The zero-order chi connectivity index (χ0) is 13.1. The van der Waals surface area contributed by atoms with E-state index in [2.05, 4.69) is 9.71 Å². The number of sulfonamides is 1. The lowest BCUT2D eigenvalue weighted by Crippen LogP contribution is -2.41. The number of nitrogens with one attached hydrogen (secondary N) is 1. The summed E-state index contributed by atoms with van der Waals surface area (Å²) in [6.45, 7) is 3.39. The van der Waals surface area contributed by atoms with Gasteiger partial charge in [-0.05, 0) is 18.1 Å². The topological polar surface area (TPSA) is 79.3 Å². The van der Waals surface area contributed by atoms with E-state index in [0.29, 0.717) is 0 Å². The van der Waals surface area contributed by atoms with Gasteiger partial charge in [0.25, 0.3) is 0 Å². The van der Waals surface area contributed by atoms with Crippen molar-refractivity contribution in [2.45, 2.75) is 24.8 Å². The van der Waals surface area contributed by atoms with E-state index in [1.165, 1.54) is 18.3 Å². The Hall–Kier alpha value is -0.690. The molecule has 1 heterocycles. The van der Waals surface area contributed by atoms with Crippen LogP contribution in [-0.2, 0) is 10.0 Å². The summed E-state index contributed by atoms with van der Waals surface area (Å²) in [6.07, 6.45) is 1.32. The lowest BCUT2D eigenvalue weighted by molar-refractivity contribution is 0.227. The fourth-order valence-electron chi connectivity index (χ4n) is 1.20. The maximum Gasteiger partial charge on any atom is 0.241 e. The highest BCUT2D eigenvalue weighted by atomic mass is 35.5. The molecule has 1 atom stereocenters. The molecule has 1 aromatic heterocycles. The van der Waals surface area contributed by atoms with Crippen LogP contribution < -0.4 is 4.72 Å². The molecule has 0 radical (unpaired) electrons. The van der Waals surface area contributed by atoms with E-state index in [1.807, 2.05) is 13.8 Å². The molecule has 0 unspecified atom stereocenters. The van der Waals surface area contributed by atoms with Crippen LogP contribution in [0.4, 0.5) is 0 Å². The Bertz CT molecular complexity index is 476. The zero-order valence-corrected chi connectivity index (χ0v) is 11.2. The van der Waals surface area contributed by atoms with E-state index in [-0.39, 0.29) is 22.6 Å². The molecule has 96 valence electrons. The molecule has 5 nitrogen and oxygen atoms in total. The van der Waals surface area contributed by atoms with Gasteiger partial charge < -0.3 is 5.11 Å². The molecule has 0 saturated heterocycles. The average molecular weight is 279 g/mol. The van der Waals surface area contributed by atoms with Crippen LogP contribution in [0.1, 0.15) is 13.8 Å². The van der Waals surface area contributed by atoms with Gasteiger partial charge >= 0.3 is 0 Å². The monoisotopic (exact) mass is 278 g/mol. The summed E-state index contributed by atoms with van der Waals surface area (Å²) in [4.78, 5) is 3.75. The molecule has 1 aromatic rings. The van der Waals surface area contributed by atoms with Gasteiger partial charge in [-0.3, -0.25) is 0 Å². The highest BCUT2D eigenvalue weighted by molar-refractivity contribution is 7.89. The number of hydrogen-bond donors (Lipinski definition) is 2. The molecule has 2 N–H and O–H groups in total. The first kappa shape index (κ1) is 14.4. The van der Waals surface area contributed by atoms with Gasteiger partial charge in [0, 0.05) is 12.2 Å². The van der Waals surface area contributed by atoms with Crippen molar-refractivity contribution in [2.24, 2.45) is 5.92 Å². The molecule has 0 spiro atoms. The second-order valence-corrected chi connectivity index (χ2v) is 6.07. The molecule has 17 heavy (non-hydrogen) atoms. The Balaban J connectivity index is 2.96. The first-order valence-corrected chi connectivity index (χ1v) is 6.97. The maximum atomic E-state index is 11.9. The van der Waals surface area contributed by atoms with Gasteiger partial charge in [0.2, 0.25) is 10.0 Å². The summed E-state index contributed by atoms with van der Waals surface area (Å²) < 4.78 is 26.3. The lowest BCUT2D eigenvalue weighted by atomic mass is 10.1. The van der Waals surface area contributed by atoms with Crippen LogP contribution in [0.2, 0.25) is 5.15 Å². The third-order valence-corrected chi connectivity index (χ3v) is 4.01. The van der Waals surface area contributed by atoms with Crippen molar-refractivity contribution in [3.8, 4) is 0 Å². The molecular formula is C10H15ClN2O3S. The molecular weight excluding hydrogens is 264 g/mol. The normalized spacial score (nSPS) is 13.9. The van der Waals surface area contributed by atoms with Gasteiger partial charge in [-0.2, -0.15) is 0 Å². The number of hydrogen-bond acceptors (Lipinski definition) is 4. The molecule has 1 rings (SSSR count). The molecule has 0 aliphatic heterocycles. The van der Waals surface area contributed by atoms with E-state index in [0.717, 1.165) is 0 Å². The largest absolute Gasteiger partial charge is 0.395 e. The summed E-state index contributed by atoms with van der Waals surface area (Å²) in [5.41, 5.74) is 0.